The number of nitrogens with zero attached hydrogens (tertiary/aromatic N) is 1. The van der Waals surface area contributed by atoms with E-state index in [0.717, 1.165) is 42.6 Å². The van der Waals surface area contributed by atoms with Crippen LogP contribution < -0.4 is 5.32 Å². The molecule has 4 nitrogen and oxygen atoms in total. The van der Waals surface area contributed by atoms with Crippen LogP contribution in [0, 0.1) is 13.8 Å². The maximum absolute atomic E-state index is 12.6. The zero-order valence-corrected chi connectivity index (χ0v) is 13.1. The molecule has 1 aromatic rings. The molecule has 4 heteroatoms. The molecule has 1 amide bonds. The number of carbonyl (C=O) groups is 2. The molecule has 2 rings (SSSR count). The first-order valence-corrected chi connectivity index (χ1v) is 7.59. The van der Waals surface area contributed by atoms with Crippen molar-refractivity contribution in [1.29, 1.82) is 0 Å². The Morgan fingerprint density at radius 2 is 1.90 bits per heavy atom. The molecule has 1 unspecified atom stereocenters. The number of benzene rings is 1. The highest BCUT2D eigenvalue weighted by Gasteiger charge is 2.29. The van der Waals surface area contributed by atoms with E-state index in [2.05, 4.69) is 5.32 Å². The zero-order chi connectivity index (χ0) is 15.4. The fourth-order valence-corrected chi connectivity index (χ4v) is 2.98. The SMILES string of the molecule is CC(=O)CN1CCCCC1C(=O)Nc1c(C)cccc1C. The third-order valence-corrected chi connectivity index (χ3v) is 4.07. The van der Waals surface area contributed by atoms with Gasteiger partial charge in [0.25, 0.3) is 0 Å². The molecule has 1 heterocycles. The van der Waals surface area contributed by atoms with Crippen molar-refractivity contribution < 1.29 is 9.59 Å². The first-order chi connectivity index (χ1) is 9.99. The third-order valence-electron chi connectivity index (χ3n) is 4.07. The maximum Gasteiger partial charge on any atom is 0.241 e. The van der Waals surface area contributed by atoms with Crippen molar-refractivity contribution in [2.45, 2.75) is 46.1 Å². The highest BCUT2D eigenvalue weighted by molar-refractivity contribution is 5.96. The van der Waals surface area contributed by atoms with Crippen LogP contribution in [0.3, 0.4) is 0 Å². The predicted molar refractivity (Wildman–Crippen MR) is 84.4 cm³/mol. The average molecular weight is 288 g/mol. The molecular formula is C17H24N2O2. The van der Waals surface area contributed by atoms with Crippen LogP contribution in [0.4, 0.5) is 5.69 Å². The topological polar surface area (TPSA) is 49.4 Å². The number of rotatable bonds is 4. The third kappa shape index (κ3) is 3.91. The van der Waals surface area contributed by atoms with E-state index in [4.69, 9.17) is 0 Å². The second-order valence-corrected chi connectivity index (χ2v) is 5.94. The number of amides is 1. The average Bonchev–Trinajstić information content (AvgIpc) is 2.43. The van der Waals surface area contributed by atoms with Gasteiger partial charge >= 0.3 is 0 Å². The second-order valence-electron chi connectivity index (χ2n) is 5.94. The lowest BCUT2D eigenvalue weighted by Crippen LogP contribution is -2.48. The second kappa shape index (κ2) is 6.85. The molecule has 1 N–H and O–H groups in total. The molecule has 1 atom stereocenters. The number of anilines is 1. The molecule has 21 heavy (non-hydrogen) atoms. The van der Waals surface area contributed by atoms with Crippen molar-refractivity contribution in [2.24, 2.45) is 0 Å². The normalized spacial score (nSPS) is 19.3. The minimum atomic E-state index is -0.193. The fraction of sp³-hybridized carbons (Fsp3) is 0.529. The minimum Gasteiger partial charge on any atom is -0.324 e. The monoisotopic (exact) mass is 288 g/mol. The van der Waals surface area contributed by atoms with Crippen LogP contribution in [0.5, 0.6) is 0 Å². The van der Waals surface area contributed by atoms with E-state index in [9.17, 15) is 9.59 Å². The molecule has 0 radical (unpaired) electrons. The van der Waals surface area contributed by atoms with E-state index in [-0.39, 0.29) is 17.7 Å². The van der Waals surface area contributed by atoms with Crippen LogP contribution in [0.25, 0.3) is 0 Å². The Labute approximate surface area is 126 Å². The van der Waals surface area contributed by atoms with Gasteiger partial charge in [0.2, 0.25) is 5.91 Å². The molecule has 114 valence electrons. The number of ketones is 1. The van der Waals surface area contributed by atoms with Gasteiger partial charge in [-0.3, -0.25) is 14.5 Å². The Balaban J connectivity index is 2.12. The van der Waals surface area contributed by atoms with Crippen LogP contribution in [0.1, 0.15) is 37.3 Å². The van der Waals surface area contributed by atoms with E-state index in [1.54, 1.807) is 6.92 Å². The number of nitrogens with one attached hydrogen (secondary N) is 1. The van der Waals surface area contributed by atoms with Crippen LogP contribution in [0.15, 0.2) is 18.2 Å². The minimum absolute atomic E-state index is 0.00773. The first kappa shape index (κ1) is 15.7. The molecule has 0 bridgehead atoms. The molecule has 1 aliphatic rings. The van der Waals surface area contributed by atoms with Gasteiger partial charge in [-0.1, -0.05) is 24.6 Å². The number of aryl methyl sites for hydroxylation is 2. The predicted octanol–water partition coefficient (Wildman–Crippen LogP) is 2.69. The van der Waals surface area contributed by atoms with Crippen molar-refractivity contribution in [3.63, 3.8) is 0 Å². The lowest BCUT2D eigenvalue weighted by atomic mass is 10.0. The molecular weight excluding hydrogens is 264 g/mol. The molecule has 0 spiro atoms. The van der Waals surface area contributed by atoms with Crippen molar-refractivity contribution >= 4 is 17.4 Å². The summed E-state index contributed by atoms with van der Waals surface area (Å²) in [6, 6.07) is 5.79. The molecule has 1 saturated heterocycles. The van der Waals surface area contributed by atoms with Gasteiger partial charge in [0.05, 0.1) is 12.6 Å². The van der Waals surface area contributed by atoms with Crippen molar-refractivity contribution in [1.82, 2.24) is 4.90 Å². The lowest BCUT2D eigenvalue weighted by Gasteiger charge is -2.34. The summed E-state index contributed by atoms with van der Waals surface area (Å²) in [6.45, 7) is 6.76. The number of Topliss-reactive ketones (excluding diaryl/α,β-unsaturated/α-hetero) is 1. The first-order valence-electron chi connectivity index (χ1n) is 7.59. The highest BCUT2D eigenvalue weighted by atomic mass is 16.2. The van der Waals surface area contributed by atoms with Gasteiger partial charge in [-0.05, 0) is 51.3 Å². The summed E-state index contributed by atoms with van der Waals surface area (Å²) >= 11 is 0. The summed E-state index contributed by atoms with van der Waals surface area (Å²) in [5.74, 6) is 0.120. The zero-order valence-electron chi connectivity index (χ0n) is 13.1. The van der Waals surface area contributed by atoms with Gasteiger partial charge < -0.3 is 5.32 Å². The van der Waals surface area contributed by atoms with Crippen LogP contribution >= 0.6 is 0 Å². The van der Waals surface area contributed by atoms with E-state index in [1.165, 1.54) is 0 Å². The number of para-hydroxylation sites is 1. The van der Waals surface area contributed by atoms with Gasteiger partial charge in [-0.15, -0.1) is 0 Å². The molecule has 0 aliphatic carbocycles. The van der Waals surface area contributed by atoms with Crippen LogP contribution in [-0.4, -0.2) is 35.7 Å². The standard InChI is InChI=1S/C17H24N2O2/c1-12-7-6-8-13(2)16(12)18-17(21)15-9-4-5-10-19(15)11-14(3)20/h6-8,15H,4-5,9-11H2,1-3H3,(H,18,21). The summed E-state index contributed by atoms with van der Waals surface area (Å²) < 4.78 is 0. The summed E-state index contributed by atoms with van der Waals surface area (Å²) in [6.07, 6.45) is 2.92. The van der Waals surface area contributed by atoms with Gasteiger partial charge in [-0.25, -0.2) is 0 Å². The van der Waals surface area contributed by atoms with Gasteiger partial charge in [0, 0.05) is 5.69 Å². The summed E-state index contributed by atoms with van der Waals surface area (Å²) in [7, 11) is 0. The number of piperidine rings is 1. The van der Waals surface area contributed by atoms with Crippen molar-refractivity contribution in [3.05, 3.63) is 29.3 Å². The molecule has 1 fully saturated rings. The van der Waals surface area contributed by atoms with Gasteiger partial charge in [0.15, 0.2) is 0 Å². The summed E-state index contributed by atoms with van der Waals surface area (Å²) in [4.78, 5) is 26.0. The van der Waals surface area contributed by atoms with E-state index in [0.29, 0.717) is 6.54 Å². The molecule has 0 aromatic heterocycles. The number of carbonyl (C=O) groups excluding carboxylic acids is 2. The Kier molecular flexibility index (Phi) is 5.12. The fourth-order valence-electron chi connectivity index (χ4n) is 2.98. The lowest BCUT2D eigenvalue weighted by molar-refractivity contribution is -0.125. The Bertz CT molecular complexity index is 519. The Hall–Kier alpha value is -1.68. The van der Waals surface area contributed by atoms with Gasteiger partial charge in [-0.2, -0.15) is 0 Å². The Morgan fingerprint density at radius 1 is 1.24 bits per heavy atom. The molecule has 1 aliphatic heterocycles. The largest absolute Gasteiger partial charge is 0.324 e. The maximum atomic E-state index is 12.6. The van der Waals surface area contributed by atoms with E-state index in [1.807, 2.05) is 36.9 Å². The summed E-state index contributed by atoms with van der Waals surface area (Å²) in [5, 5.41) is 3.06. The van der Waals surface area contributed by atoms with E-state index >= 15 is 0 Å². The van der Waals surface area contributed by atoms with Gasteiger partial charge in [0.1, 0.15) is 5.78 Å². The number of likely N-dealkylation sites (tertiary alicyclic amines) is 1. The number of hydrogen-bond donors (Lipinski definition) is 1. The van der Waals surface area contributed by atoms with Crippen LogP contribution in [-0.2, 0) is 9.59 Å². The van der Waals surface area contributed by atoms with Crippen molar-refractivity contribution in [2.75, 3.05) is 18.4 Å². The Morgan fingerprint density at radius 3 is 2.52 bits per heavy atom. The summed E-state index contributed by atoms with van der Waals surface area (Å²) in [5.41, 5.74) is 3.03. The number of hydrogen-bond acceptors (Lipinski definition) is 3. The molecule has 0 saturated carbocycles. The molecule has 1 aromatic carbocycles. The highest BCUT2D eigenvalue weighted by Crippen LogP contribution is 2.22. The van der Waals surface area contributed by atoms with E-state index < -0.39 is 0 Å². The van der Waals surface area contributed by atoms with Crippen molar-refractivity contribution in [3.8, 4) is 0 Å². The van der Waals surface area contributed by atoms with Crippen LogP contribution in [0.2, 0.25) is 0 Å². The smallest absolute Gasteiger partial charge is 0.241 e. The quantitative estimate of drug-likeness (QED) is 0.926.